The smallest absolute Gasteiger partial charge is 0.349 e. The second-order valence-electron chi connectivity index (χ2n) is 7.28. The fourth-order valence-corrected chi connectivity index (χ4v) is 3.31. The van der Waals surface area contributed by atoms with Gasteiger partial charge in [0.15, 0.2) is 46.5 Å². The molecule has 38 heavy (non-hydrogen) atoms. The Morgan fingerprint density at radius 1 is 0.447 bits per heavy atom. The number of rotatable bonds is 4. The summed E-state index contributed by atoms with van der Waals surface area (Å²) >= 11 is 0. The molecule has 0 fully saturated rings. The zero-order chi connectivity index (χ0) is 28.0. The normalized spacial score (nSPS) is 11.1. The van der Waals surface area contributed by atoms with Crippen molar-refractivity contribution in [3.8, 4) is 11.5 Å². The van der Waals surface area contributed by atoms with Gasteiger partial charge in [0.05, 0.1) is 5.39 Å². The predicted octanol–water partition coefficient (Wildman–Crippen LogP) is 6.67. The fourth-order valence-electron chi connectivity index (χ4n) is 3.31. The van der Waals surface area contributed by atoms with Gasteiger partial charge in [-0.1, -0.05) is 24.3 Å². The molecule has 0 radical (unpaired) electrons. The Balaban J connectivity index is 1.79. The molecular formula is C24H6F10O4. The zero-order valence-electron chi connectivity index (χ0n) is 17.9. The van der Waals surface area contributed by atoms with E-state index in [0.29, 0.717) is 0 Å². The third-order valence-electron chi connectivity index (χ3n) is 5.06. The summed E-state index contributed by atoms with van der Waals surface area (Å²) in [5.74, 6) is -30.4. The van der Waals surface area contributed by atoms with Crippen LogP contribution in [0.3, 0.4) is 0 Å². The van der Waals surface area contributed by atoms with E-state index in [9.17, 15) is 53.5 Å². The van der Waals surface area contributed by atoms with Gasteiger partial charge in [0.1, 0.15) is 22.6 Å². The Bertz CT molecular complexity index is 1490. The highest BCUT2D eigenvalue weighted by Gasteiger charge is 2.33. The van der Waals surface area contributed by atoms with Gasteiger partial charge in [-0.3, -0.25) is 0 Å². The van der Waals surface area contributed by atoms with Gasteiger partial charge in [0.25, 0.3) is 0 Å². The lowest BCUT2D eigenvalue weighted by molar-refractivity contribution is 0.0721. The number of fused-ring (bicyclic) bond motifs is 1. The summed E-state index contributed by atoms with van der Waals surface area (Å²) in [6.45, 7) is 0. The first kappa shape index (κ1) is 26.4. The van der Waals surface area contributed by atoms with Crippen LogP contribution in [-0.4, -0.2) is 11.9 Å². The molecule has 0 heterocycles. The number of halogens is 10. The summed E-state index contributed by atoms with van der Waals surface area (Å²) in [4.78, 5) is 24.8. The molecule has 196 valence electrons. The number of carbonyl (C=O) groups is 2. The van der Waals surface area contributed by atoms with E-state index in [1.807, 2.05) is 0 Å². The Morgan fingerprint density at radius 2 is 0.737 bits per heavy atom. The van der Waals surface area contributed by atoms with Crippen LogP contribution in [0.25, 0.3) is 10.8 Å². The van der Waals surface area contributed by atoms with Gasteiger partial charge in [0, 0.05) is 0 Å². The van der Waals surface area contributed by atoms with Crippen molar-refractivity contribution in [3.05, 3.63) is 106 Å². The summed E-state index contributed by atoms with van der Waals surface area (Å²) < 4.78 is 146. The highest BCUT2D eigenvalue weighted by atomic mass is 19.2. The van der Waals surface area contributed by atoms with E-state index < -0.39 is 98.1 Å². The molecule has 0 atom stereocenters. The molecule has 4 rings (SSSR count). The van der Waals surface area contributed by atoms with Crippen LogP contribution in [0.2, 0.25) is 0 Å². The van der Waals surface area contributed by atoms with Crippen molar-refractivity contribution in [1.82, 2.24) is 0 Å². The van der Waals surface area contributed by atoms with Crippen LogP contribution in [-0.2, 0) is 0 Å². The molecule has 4 aromatic carbocycles. The fraction of sp³-hybridized carbons (Fsp3) is 0. The van der Waals surface area contributed by atoms with Crippen LogP contribution in [0.15, 0.2) is 36.4 Å². The number of ether oxygens (including phenoxy) is 2. The van der Waals surface area contributed by atoms with Gasteiger partial charge < -0.3 is 9.47 Å². The molecule has 0 aliphatic carbocycles. The van der Waals surface area contributed by atoms with Crippen LogP contribution in [0.1, 0.15) is 20.7 Å². The van der Waals surface area contributed by atoms with E-state index in [4.69, 9.17) is 9.47 Å². The third kappa shape index (κ3) is 4.17. The first-order chi connectivity index (χ1) is 17.9. The highest BCUT2D eigenvalue weighted by Crippen LogP contribution is 2.36. The molecular weight excluding hydrogens is 542 g/mol. The standard InChI is InChI=1S/C24H6F10O4/c25-13-11(14(26)18(30)21(33)17(13)29)23(35)37-8-5-1-3-7-4-2-6-9(10(7)8)38-24(36)12-15(27)19(31)22(34)20(32)16(12)28/h1-6H. The van der Waals surface area contributed by atoms with Crippen molar-refractivity contribution in [3.63, 3.8) is 0 Å². The summed E-state index contributed by atoms with van der Waals surface area (Å²) in [5.41, 5.74) is -3.93. The first-order valence-electron chi connectivity index (χ1n) is 9.85. The van der Waals surface area contributed by atoms with Gasteiger partial charge in [-0.25, -0.2) is 53.5 Å². The van der Waals surface area contributed by atoms with Gasteiger partial charge in [0.2, 0.25) is 11.6 Å². The second-order valence-corrected chi connectivity index (χ2v) is 7.28. The van der Waals surface area contributed by atoms with E-state index in [2.05, 4.69) is 0 Å². The maximum absolute atomic E-state index is 14.0. The molecule has 0 aromatic heterocycles. The number of esters is 2. The summed E-state index contributed by atoms with van der Waals surface area (Å²) in [5, 5.41) is -0.403. The SMILES string of the molecule is O=C(Oc1cccc2cccc(OC(=O)c3c(F)c(F)c(F)c(F)c3F)c12)c1c(F)c(F)c(F)c(F)c1F. The molecule has 4 aromatic rings. The lowest BCUT2D eigenvalue weighted by Crippen LogP contribution is -2.18. The van der Waals surface area contributed by atoms with Crippen LogP contribution < -0.4 is 9.47 Å². The van der Waals surface area contributed by atoms with E-state index in [1.165, 1.54) is 24.3 Å². The van der Waals surface area contributed by atoms with Crippen molar-refractivity contribution in [2.45, 2.75) is 0 Å². The Kier molecular flexibility index (Phi) is 6.74. The van der Waals surface area contributed by atoms with Crippen molar-refractivity contribution in [2.75, 3.05) is 0 Å². The zero-order valence-corrected chi connectivity index (χ0v) is 17.9. The monoisotopic (exact) mass is 548 g/mol. The average Bonchev–Trinajstić information content (AvgIpc) is 2.89. The summed E-state index contributed by atoms with van der Waals surface area (Å²) in [6, 6.07) is 6.75. The molecule has 0 N–H and O–H groups in total. The van der Waals surface area contributed by atoms with Crippen molar-refractivity contribution < 1.29 is 63.0 Å². The van der Waals surface area contributed by atoms with Gasteiger partial charge in [-0.05, 0) is 17.5 Å². The quantitative estimate of drug-likeness (QED) is 0.0941. The number of carbonyl (C=O) groups excluding carboxylic acids is 2. The van der Waals surface area contributed by atoms with Gasteiger partial charge >= 0.3 is 11.9 Å². The summed E-state index contributed by atoms with van der Waals surface area (Å²) in [6.07, 6.45) is 0. The minimum atomic E-state index is -2.54. The molecule has 0 amide bonds. The number of hydrogen-bond acceptors (Lipinski definition) is 4. The summed E-state index contributed by atoms with van der Waals surface area (Å²) in [7, 11) is 0. The van der Waals surface area contributed by atoms with Crippen LogP contribution in [0.5, 0.6) is 11.5 Å². The predicted molar refractivity (Wildman–Crippen MR) is 106 cm³/mol. The first-order valence-corrected chi connectivity index (χ1v) is 9.85. The molecule has 0 spiro atoms. The largest absolute Gasteiger partial charge is 0.422 e. The minimum absolute atomic E-state index is 0.0235. The third-order valence-corrected chi connectivity index (χ3v) is 5.06. The van der Waals surface area contributed by atoms with E-state index in [1.54, 1.807) is 0 Å². The maximum Gasteiger partial charge on any atom is 0.349 e. The van der Waals surface area contributed by atoms with Gasteiger partial charge in [-0.2, -0.15) is 0 Å². The van der Waals surface area contributed by atoms with Crippen LogP contribution >= 0.6 is 0 Å². The molecule has 0 saturated heterocycles. The molecule has 14 heteroatoms. The molecule has 0 aliphatic heterocycles. The Morgan fingerprint density at radius 3 is 1.05 bits per heavy atom. The Hall–Kier alpha value is -4.62. The van der Waals surface area contributed by atoms with Crippen LogP contribution in [0, 0.1) is 58.2 Å². The topological polar surface area (TPSA) is 52.6 Å². The van der Waals surface area contributed by atoms with Crippen molar-refractivity contribution >= 4 is 22.7 Å². The maximum atomic E-state index is 14.0. The van der Waals surface area contributed by atoms with E-state index >= 15 is 0 Å². The van der Waals surface area contributed by atoms with Gasteiger partial charge in [-0.15, -0.1) is 0 Å². The second kappa shape index (κ2) is 9.68. The lowest BCUT2D eigenvalue weighted by Gasteiger charge is -2.14. The molecule has 0 saturated carbocycles. The molecule has 4 nitrogen and oxygen atoms in total. The van der Waals surface area contributed by atoms with Crippen molar-refractivity contribution in [2.24, 2.45) is 0 Å². The Labute approximate surface area is 203 Å². The molecule has 0 bridgehead atoms. The average molecular weight is 548 g/mol. The number of hydrogen-bond donors (Lipinski definition) is 0. The number of benzene rings is 4. The molecule has 0 unspecified atom stereocenters. The highest BCUT2D eigenvalue weighted by molar-refractivity contribution is 6.00. The molecule has 0 aliphatic rings. The van der Waals surface area contributed by atoms with E-state index in [0.717, 1.165) is 12.1 Å². The van der Waals surface area contributed by atoms with E-state index in [-0.39, 0.29) is 5.39 Å². The van der Waals surface area contributed by atoms with Crippen LogP contribution in [0.4, 0.5) is 43.9 Å². The van der Waals surface area contributed by atoms with Crippen molar-refractivity contribution in [1.29, 1.82) is 0 Å². The lowest BCUT2D eigenvalue weighted by atomic mass is 10.1. The minimum Gasteiger partial charge on any atom is -0.422 e.